The van der Waals surface area contributed by atoms with Gasteiger partial charge in [-0.15, -0.1) is 0 Å². The molecule has 0 atom stereocenters. The summed E-state index contributed by atoms with van der Waals surface area (Å²) in [6.45, 7) is 14.5. The summed E-state index contributed by atoms with van der Waals surface area (Å²) in [5.74, 6) is 2.50. The van der Waals surface area contributed by atoms with E-state index in [-0.39, 0.29) is 31.3 Å². The minimum absolute atomic E-state index is 0.00867. The molecule has 0 spiro atoms. The molecule has 0 radical (unpaired) electrons. The molecular weight excluding hydrogens is 896 g/mol. The molecule has 0 amide bonds. The molecule has 10 aromatic rings. The van der Waals surface area contributed by atoms with Crippen LogP contribution in [0, 0.1) is 0 Å². The fraction of sp³-hybridized carbons (Fsp3) is 0.155. The minimum atomic E-state index is -0.386. The number of hydrogen-bond donors (Lipinski definition) is 0. The zero-order chi connectivity index (χ0) is 43.7. The second-order valence-electron chi connectivity index (χ2n) is 18.9. The Bertz CT molecular complexity index is 3310. The van der Waals surface area contributed by atoms with Crippen molar-refractivity contribution in [1.82, 2.24) is 9.55 Å². The van der Waals surface area contributed by atoms with Crippen molar-refractivity contribution in [2.24, 2.45) is 0 Å². The molecule has 0 N–H and O–H groups in total. The molecule has 6 heteroatoms. The third-order valence-corrected chi connectivity index (χ3v) is 15.3. The van der Waals surface area contributed by atoms with Crippen LogP contribution in [0.15, 0.2) is 180 Å². The van der Waals surface area contributed by atoms with Crippen LogP contribution in [0.1, 0.15) is 52.7 Å². The van der Waals surface area contributed by atoms with Crippen molar-refractivity contribution in [3.63, 3.8) is 0 Å². The predicted octanol–water partition coefficient (Wildman–Crippen LogP) is 15.4. The summed E-state index contributed by atoms with van der Waals surface area (Å²) in [5.41, 5.74) is 15.4. The van der Waals surface area contributed by atoms with Crippen LogP contribution >= 0.6 is 0 Å². The first-order valence-corrected chi connectivity index (χ1v) is 24.6. The molecule has 3 aromatic heterocycles. The van der Waals surface area contributed by atoms with Gasteiger partial charge in [-0.3, -0.25) is 0 Å². The van der Waals surface area contributed by atoms with Gasteiger partial charge < -0.3 is 9.80 Å². The van der Waals surface area contributed by atoms with E-state index in [9.17, 15) is 0 Å². The van der Waals surface area contributed by atoms with Crippen LogP contribution in [0.25, 0.3) is 58.8 Å². The van der Waals surface area contributed by atoms with Gasteiger partial charge in [0.25, 0.3) is 0 Å². The van der Waals surface area contributed by atoms with Gasteiger partial charge in [-0.25, -0.2) is 0 Å². The first-order valence-electron chi connectivity index (χ1n) is 22.1. The number of rotatable bonds is 7. The first-order chi connectivity index (χ1) is 31.0. The molecule has 1 aliphatic rings. The number of para-hydroxylation sites is 3. The molecule has 11 rings (SSSR count). The quantitative estimate of drug-likeness (QED) is 0.149. The van der Waals surface area contributed by atoms with Crippen LogP contribution in [0.4, 0.5) is 22.7 Å². The van der Waals surface area contributed by atoms with Crippen LogP contribution in [0.2, 0.25) is 0 Å². The number of benzene rings is 7. The van der Waals surface area contributed by atoms with E-state index in [1.54, 1.807) is 0 Å². The molecule has 0 unspecified atom stereocenters. The Balaban J connectivity index is 0.998. The van der Waals surface area contributed by atoms with Crippen LogP contribution in [-0.2, 0) is 10.8 Å². The Kier molecular flexibility index (Phi) is 9.80. The van der Waals surface area contributed by atoms with Gasteiger partial charge in [0, 0.05) is 11.1 Å². The summed E-state index contributed by atoms with van der Waals surface area (Å²) in [7, 11) is 0. The average molecular weight is 947 g/mol. The molecule has 7 aromatic carbocycles. The molecule has 64 heavy (non-hydrogen) atoms. The monoisotopic (exact) mass is 948 g/mol. The summed E-state index contributed by atoms with van der Waals surface area (Å²) in [6, 6.07) is 63.6. The van der Waals surface area contributed by atoms with Gasteiger partial charge >= 0.3 is 197 Å². The van der Waals surface area contributed by atoms with Crippen molar-refractivity contribution in [3.05, 3.63) is 191 Å². The third-order valence-electron chi connectivity index (χ3n) is 12.6. The van der Waals surface area contributed by atoms with E-state index in [2.05, 4.69) is 236 Å². The van der Waals surface area contributed by atoms with E-state index < -0.39 is 0 Å². The van der Waals surface area contributed by atoms with Crippen LogP contribution in [0.3, 0.4) is 0 Å². The summed E-state index contributed by atoms with van der Waals surface area (Å²) >= 11 is -0.386. The fourth-order valence-electron chi connectivity index (χ4n) is 9.39. The molecule has 5 nitrogen and oxygen atoms in total. The summed E-state index contributed by atoms with van der Waals surface area (Å²) < 4.78 is 13.0. The van der Waals surface area contributed by atoms with Crippen molar-refractivity contribution in [2.75, 3.05) is 16.5 Å². The Morgan fingerprint density at radius 1 is 0.531 bits per heavy atom. The third kappa shape index (κ3) is 7.06. The maximum absolute atomic E-state index is 6.84. The number of ether oxygens (including phenoxy) is 1. The number of anilines is 4. The summed E-state index contributed by atoms with van der Waals surface area (Å²) in [5, 5.41) is 2.38. The minimum Gasteiger partial charge on any atom is -0.0622 e. The number of nitrogens with zero attached hydrogens (tertiary/aromatic N) is 4. The summed E-state index contributed by atoms with van der Waals surface area (Å²) in [4.78, 5) is 10.2. The normalized spacial score (nSPS) is 13.0. The van der Waals surface area contributed by atoms with E-state index in [1.165, 1.54) is 53.2 Å². The van der Waals surface area contributed by atoms with Crippen molar-refractivity contribution in [2.45, 2.75) is 52.4 Å². The van der Waals surface area contributed by atoms with Gasteiger partial charge in [0.05, 0.1) is 17.1 Å². The smallest absolute Gasteiger partial charge is 0.0622 e. The van der Waals surface area contributed by atoms with Gasteiger partial charge in [0.1, 0.15) is 6.67 Å². The van der Waals surface area contributed by atoms with E-state index in [1.807, 2.05) is 0 Å². The zero-order valence-corrected chi connectivity index (χ0v) is 39.5. The van der Waals surface area contributed by atoms with E-state index in [0.29, 0.717) is 6.67 Å². The Labute approximate surface area is 385 Å². The largest absolute Gasteiger partial charge is 0.0668 e. The van der Waals surface area contributed by atoms with Gasteiger partial charge in [-0.2, -0.15) is 0 Å². The van der Waals surface area contributed by atoms with E-state index in [0.717, 1.165) is 50.9 Å². The topological polar surface area (TPSA) is 33.5 Å². The molecule has 4 heterocycles. The molecule has 0 saturated carbocycles. The van der Waals surface area contributed by atoms with Crippen molar-refractivity contribution < 1.29 is 4.74 Å². The Morgan fingerprint density at radius 2 is 1.16 bits per heavy atom. The predicted molar refractivity (Wildman–Crippen MR) is 270 cm³/mol. The molecule has 0 saturated heterocycles. The fourth-order valence-corrected chi connectivity index (χ4v) is 12.4. The standard InChI is InChI=1S/C58H50N4OTe/c1-57(2,3)40-32-46(38-18-9-7-10-19-38)55(47(33-40)39-20-11-8-12-21-39)61-37-60(51-26-15-16-27-52(51)61)41-22-17-23-42(34-41)63-43-28-29-45-44-24-13-14-25-50(44)62(53(45)35-43)54-36-48(58(4,5)6)56-49(59-54)30-31-64-56/h7-36H,37H2,1-6H3. The molecule has 1 aliphatic heterocycles. The molecular formula is C58H50N4OTe. The second kappa shape index (κ2) is 15.6. The van der Waals surface area contributed by atoms with Crippen LogP contribution in [0.5, 0.6) is 11.5 Å². The molecule has 314 valence electrons. The van der Waals surface area contributed by atoms with E-state index in [4.69, 9.17) is 9.72 Å². The molecule has 0 bridgehead atoms. The number of fused-ring (bicyclic) bond motifs is 5. The first kappa shape index (κ1) is 40.2. The number of aromatic nitrogens is 2. The van der Waals surface area contributed by atoms with E-state index >= 15 is 0 Å². The van der Waals surface area contributed by atoms with Gasteiger partial charge in [0.2, 0.25) is 0 Å². The Morgan fingerprint density at radius 3 is 1.84 bits per heavy atom. The van der Waals surface area contributed by atoms with Crippen molar-refractivity contribution in [3.8, 4) is 39.6 Å². The van der Waals surface area contributed by atoms with Gasteiger partial charge in [0.15, 0.2) is 0 Å². The SMILES string of the molecule is CC(C)(C)c1cc(-c2ccccc2)c(N2CN(c3cccc(Oc4ccc5c6ccccc6n(-c6cc(C(C)(C)C)c7[te]ccc7n6)c5c4)c3)c3ccccc32)c(-c2ccccc2)c1. The van der Waals surface area contributed by atoms with Gasteiger partial charge in [-0.1, -0.05) is 93.6 Å². The maximum Gasteiger partial charge on any atom is 0.0668 e. The Hall–Kier alpha value is -6.58. The van der Waals surface area contributed by atoms with Crippen LogP contribution in [-0.4, -0.2) is 36.7 Å². The van der Waals surface area contributed by atoms with Gasteiger partial charge in [-0.05, 0) is 52.4 Å². The molecule has 0 fully saturated rings. The molecule has 0 aliphatic carbocycles. The number of pyridine rings is 1. The zero-order valence-electron chi connectivity index (χ0n) is 37.1. The van der Waals surface area contributed by atoms with Crippen molar-refractivity contribution in [1.29, 1.82) is 0 Å². The second-order valence-corrected chi connectivity index (χ2v) is 21.5. The maximum atomic E-state index is 6.84. The average Bonchev–Trinajstić information content (AvgIpc) is 4.03. The van der Waals surface area contributed by atoms with Crippen molar-refractivity contribution >= 4 is 73.9 Å². The number of hydrogen-bond acceptors (Lipinski definition) is 4. The summed E-state index contributed by atoms with van der Waals surface area (Å²) in [6.07, 6.45) is 0. The van der Waals surface area contributed by atoms with Crippen LogP contribution < -0.4 is 14.5 Å².